The molecular formula is C22H20N2O4S. The molecule has 0 aliphatic carbocycles. The van der Waals surface area contributed by atoms with Crippen molar-refractivity contribution in [2.75, 3.05) is 5.32 Å². The van der Waals surface area contributed by atoms with Crippen molar-refractivity contribution >= 4 is 27.7 Å². The molecule has 0 unspecified atom stereocenters. The molecule has 0 saturated carbocycles. The zero-order chi connectivity index (χ0) is 20.9. The lowest BCUT2D eigenvalue weighted by Crippen LogP contribution is -2.15. The quantitative estimate of drug-likeness (QED) is 0.600. The van der Waals surface area contributed by atoms with Crippen molar-refractivity contribution in [1.82, 2.24) is 0 Å². The van der Waals surface area contributed by atoms with Gasteiger partial charge in [-0.1, -0.05) is 36.4 Å². The number of benzene rings is 3. The fourth-order valence-electron chi connectivity index (χ4n) is 2.65. The molecule has 29 heavy (non-hydrogen) atoms. The summed E-state index contributed by atoms with van der Waals surface area (Å²) < 4.78 is 29.0. The van der Waals surface area contributed by atoms with E-state index in [1.54, 1.807) is 25.1 Å². The van der Waals surface area contributed by atoms with E-state index >= 15 is 0 Å². The lowest BCUT2D eigenvalue weighted by molar-refractivity contribution is -0.111. The van der Waals surface area contributed by atoms with Crippen molar-refractivity contribution in [3.8, 4) is 11.5 Å². The highest BCUT2D eigenvalue weighted by Crippen LogP contribution is 2.22. The SMILES string of the molecule is Cc1ccc(NC(=O)/C=C/c2cccc(Oc3ccccc3)c2)cc1S(N)(=O)=O. The molecule has 0 aliphatic rings. The maximum atomic E-state index is 12.2. The molecule has 0 spiro atoms. The number of primary sulfonamides is 1. The van der Waals surface area contributed by atoms with E-state index in [1.807, 2.05) is 54.6 Å². The highest BCUT2D eigenvalue weighted by molar-refractivity contribution is 7.89. The zero-order valence-corrected chi connectivity index (χ0v) is 16.5. The first kappa shape index (κ1) is 20.3. The molecule has 1 amide bonds. The predicted molar refractivity (Wildman–Crippen MR) is 113 cm³/mol. The minimum absolute atomic E-state index is 0.0231. The van der Waals surface area contributed by atoms with Crippen molar-refractivity contribution in [2.45, 2.75) is 11.8 Å². The molecule has 3 aromatic rings. The average molecular weight is 408 g/mol. The molecule has 0 aliphatic heterocycles. The van der Waals surface area contributed by atoms with Crippen LogP contribution in [-0.2, 0) is 14.8 Å². The Labute approximate surface area is 169 Å². The van der Waals surface area contributed by atoms with Gasteiger partial charge in [-0.3, -0.25) is 4.79 Å². The Bertz CT molecular complexity index is 1160. The molecule has 0 fully saturated rings. The molecule has 3 rings (SSSR count). The van der Waals surface area contributed by atoms with Crippen molar-refractivity contribution in [3.63, 3.8) is 0 Å². The summed E-state index contributed by atoms with van der Waals surface area (Å²) in [4.78, 5) is 12.2. The summed E-state index contributed by atoms with van der Waals surface area (Å²) >= 11 is 0. The van der Waals surface area contributed by atoms with E-state index in [0.29, 0.717) is 17.0 Å². The molecule has 0 atom stereocenters. The lowest BCUT2D eigenvalue weighted by atomic mass is 10.2. The highest BCUT2D eigenvalue weighted by Gasteiger charge is 2.12. The Kier molecular flexibility index (Phi) is 6.11. The fraction of sp³-hybridized carbons (Fsp3) is 0.0455. The molecule has 7 heteroatoms. The Morgan fingerprint density at radius 3 is 2.41 bits per heavy atom. The Balaban J connectivity index is 1.69. The second-order valence-corrected chi connectivity index (χ2v) is 7.87. The number of nitrogens with one attached hydrogen (secondary N) is 1. The standard InChI is InChI=1S/C22H20N2O4S/c1-16-10-12-18(15-21(16)29(23,26)27)24-22(25)13-11-17-6-5-9-20(14-17)28-19-7-3-2-4-8-19/h2-15H,1H3,(H,24,25)(H2,23,26,27)/b13-11+. The van der Waals surface area contributed by atoms with Gasteiger partial charge < -0.3 is 10.1 Å². The van der Waals surface area contributed by atoms with Gasteiger partial charge in [0.25, 0.3) is 0 Å². The first-order valence-electron chi connectivity index (χ1n) is 8.77. The van der Waals surface area contributed by atoms with Crippen molar-refractivity contribution in [1.29, 1.82) is 0 Å². The summed E-state index contributed by atoms with van der Waals surface area (Å²) in [5, 5.41) is 7.82. The van der Waals surface area contributed by atoms with Crippen LogP contribution in [0.1, 0.15) is 11.1 Å². The van der Waals surface area contributed by atoms with E-state index in [9.17, 15) is 13.2 Å². The number of ether oxygens (including phenoxy) is 1. The largest absolute Gasteiger partial charge is 0.457 e. The third-order valence-electron chi connectivity index (χ3n) is 4.03. The maximum Gasteiger partial charge on any atom is 0.248 e. The van der Waals surface area contributed by atoms with Gasteiger partial charge in [0.15, 0.2) is 0 Å². The smallest absolute Gasteiger partial charge is 0.248 e. The van der Waals surface area contributed by atoms with Crippen LogP contribution < -0.4 is 15.2 Å². The van der Waals surface area contributed by atoms with Gasteiger partial charge in [0, 0.05) is 11.8 Å². The number of anilines is 1. The van der Waals surface area contributed by atoms with Crippen LogP contribution in [0.3, 0.4) is 0 Å². The average Bonchev–Trinajstić information content (AvgIpc) is 2.68. The molecule has 0 radical (unpaired) electrons. The van der Waals surface area contributed by atoms with E-state index in [-0.39, 0.29) is 4.90 Å². The zero-order valence-electron chi connectivity index (χ0n) is 15.7. The Hall–Kier alpha value is -3.42. The summed E-state index contributed by atoms with van der Waals surface area (Å²) in [5.41, 5.74) is 1.63. The van der Waals surface area contributed by atoms with Gasteiger partial charge in [0.05, 0.1) is 4.90 Å². The Morgan fingerprint density at radius 2 is 1.69 bits per heavy atom. The normalized spacial score (nSPS) is 11.4. The van der Waals surface area contributed by atoms with E-state index in [4.69, 9.17) is 9.88 Å². The number of amides is 1. The minimum Gasteiger partial charge on any atom is -0.457 e. The summed E-state index contributed by atoms with van der Waals surface area (Å²) in [6, 6.07) is 21.2. The molecule has 0 heterocycles. The molecular weight excluding hydrogens is 388 g/mol. The first-order valence-corrected chi connectivity index (χ1v) is 10.3. The Morgan fingerprint density at radius 1 is 0.966 bits per heavy atom. The minimum atomic E-state index is -3.86. The van der Waals surface area contributed by atoms with Gasteiger partial charge in [-0.15, -0.1) is 0 Å². The molecule has 3 aromatic carbocycles. The van der Waals surface area contributed by atoms with Crippen LogP contribution >= 0.6 is 0 Å². The van der Waals surface area contributed by atoms with Crippen molar-refractivity contribution < 1.29 is 17.9 Å². The van der Waals surface area contributed by atoms with Crippen LogP contribution in [0.5, 0.6) is 11.5 Å². The van der Waals surface area contributed by atoms with Gasteiger partial charge in [0.2, 0.25) is 15.9 Å². The molecule has 0 saturated heterocycles. The number of hydrogen-bond acceptors (Lipinski definition) is 4. The van der Waals surface area contributed by atoms with E-state index < -0.39 is 15.9 Å². The van der Waals surface area contributed by atoms with Gasteiger partial charge in [-0.05, 0) is 60.5 Å². The topological polar surface area (TPSA) is 98.5 Å². The molecule has 148 valence electrons. The second kappa shape index (κ2) is 8.72. The third kappa shape index (κ3) is 5.78. The number of aryl methyl sites for hydroxylation is 1. The molecule has 3 N–H and O–H groups in total. The molecule has 0 bridgehead atoms. The van der Waals surface area contributed by atoms with Gasteiger partial charge in [-0.25, -0.2) is 13.6 Å². The van der Waals surface area contributed by atoms with E-state index in [1.165, 1.54) is 12.1 Å². The predicted octanol–water partition coefficient (Wildman–Crippen LogP) is 4.09. The molecule has 0 aromatic heterocycles. The van der Waals surface area contributed by atoms with Crippen LogP contribution in [0.15, 0.2) is 83.8 Å². The number of rotatable bonds is 6. The number of nitrogens with two attached hydrogens (primary N) is 1. The number of carbonyl (C=O) groups is 1. The van der Waals surface area contributed by atoms with Crippen LogP contribution in [0.4, 0.5) is 5.69 Å². The van der Waals surface area contributed by atoms with Crippen molar-refractivity contribution in [2.24, 2.45) is 5.14 Å². The summed E-state index contributed by atoms with van der Waals surface area (Å²) in [7, 11) is -3.86. The van der Waals surface area contributed by atoms with Crippen LogP contribution in [0.25, 0.3) is 6.08 Å². The lowest BCUT2D eigenvalue weighted by Gasteiger charge is -2.08. The summed E-state index contributed by atoms with van der Waals surface area (Å²) in [5.74, 6) is 0.968. The van der Waals surface area contributed by atoms with Crippen LogP contribution in [-0.4, -0.2) is 14.3 Å². The number of hydrogen-bond donors (Lipinski definition) is 2. The van der Waals surface area contributed by atoms with Gasteiger partial charge in [-0.2, -0.15) is 0 Å². The van der Waals surface area contributed by atoms with Gasteiger partial charge in [0.1, 0.15) is 11.5 Å². The third-order valence-corrected chi connectivity index (χ3v) is 5.08. The first-order chi connectivity index (χ1) is 13.8. The van der Waals surface area contributed by atoms with Crippen molar-refractivity contribution in [3.05, 3.63) is 90.0 Å². The second-order valence-electron chi connectivity index (χ2n) is 6.34. The van der Waals surface area contributed by atoms with E-state index in [0.717, 1.165) is 11.3 Å². The summed E-state index contributed by atoms with van der Waals surface area (Å²) in [6.07, 6.45) is 3.00. The monoisotopic (exact) mass is 408 g/mol. The highest BCUT2D eigenvalue weighted by atomic mass is 32.2. The van der Waals surface area contributed by atoms with E-state index in [2.05, 4.69) is 5.32 Å². The van der Waals surface area contributed by atoms with Gasteiger partial charge >= 0.3 is 0 Å². The maximum absolute atomic E-state index is 12.2. The molecule has 6 nitrogen and oxygen atoms in total. The fourth-order valence-corrected chi connectivity index (χ4v) is 3.45. The van der Waals surface area contributed by atoms with Crippen LogP contribution in [0, 0.1) is 6.92 Å². The number of para-hydroxylation sites is 1. The van der Waals surface area contributed by atoms with Crippen LogP contribution in [0.2, 0.25) is 0 Å². The summed E-state index contributed by atoms with van der Waals surface area (Å²) in [6.45, 7) is 1.63. The number of carbonyl (C=O) groups excluding carboxylic acids is 1. The number of sulfonamides is 1.